The van der Waals surface area contributed by atoms with Crippen LogP contribution < -0.4 is 0 Å². The van der Waals surface area contributed by atoms with Crippen LogP contribution in [0.5, 0.6) is 0 Å². The van der Waals surface area contributed by atoms with E-state index in [4.69, 9.17) is 4.42 Å². The molecular weight excluding hydrogens is 266 g/mol. The van der Waals surface area contributed by atoms with E-state index in [2.05, 4.69) is 15.9 Å². The molecule has 4 heteroatoms. The molecule has 1 unspecified atom stereocenters. The van der Waals surface area contributed by atoms with Gasteiger partial charge in [-0.25, -0.2) is 8.78 Å². The Hall–Kier alpha value is -1.16. The number of hydrogen-bond donors (Lipinski definition) is 0. The lowest BCUT2D eigenvalue weighted by Gasteiger charge is -2.08. The Morgan fingerprint density at radius 2 is 2.00 bits per heavy atom. The minimum Gasteiger partial charge on any atom is -0.468 e. The summed E-state index contributed by atoms with van der Waals surface area (Å²) in [4.78, 5) is -0.469. The Balaban J connectivity index is 2.41. The van der Waals surface area contributed by atoms with Gasteiger partial charge in [-0.15, -0.1) is 0 Å². The van der Waals surface area contributed by atoms with E-state index in [9.17, 15) is 8.78 Å². The molecule has 0 aliphatic heterocycles. The zero-order valence-corrected chi connectivity index (χ0v) is 9.17. The molecule has 15 heavy (non-hydrogen) atoms. The Morgan fingerprint density at radius 1 is 1.20 bits per heavy atom. The van der Waals surface area contributed by atoms with Gasteiger partial charge < -0.3 is 4.42 Å². The van der Waals surface area contributed by atoms with Crippen molar-refractivity contribution in [2.45, 2.75) is 4.83 Å². The van der Waals surface area contributed by atoms with Crippen molar-refractivity contribution >= 4 is 15.9 Å². The number of halogens is 3. The van der Waals surface area contributed by atoms with Gasteiger partial charge in [-0.05, 0) is 30.3 Å². The van der Waals surface area contributed by atoms with Crippen LogP contribution in [0.15, 0.2) is 41.0 Å². The van der Waals surface area contributed by atoms with Gasteiger partial charge in [0.15, 0.2) is 0 Å². The van der Waals surface area contributed by atoms with Crippen molar-refractivity contribution in [3.05, 3.63) is 59.6 Å². The van der Waals surface area contributed by atoms with Gasteiger partial charge in [-0.2, -0.15) is 0 Å². The van der Waals surface area contributed by atoms with E-state index in [1.807, 2.05) is 0 Å². The summed E-state index contributed by atoms with van der Waals surface area (Å²) < 4.78 is 31.4. The summed E-state index contributed by atoms with van der Waals surface area (Å²) in [7, 11) is 0. The monoisotopic (exact) mass is 272 g/mol. The average Bonchev–Trinajstić information content (AvgIpc) is 2.74. The molecule has 1 atom stereocenters. The normalized spacial score (nSPS) is 12.7. The Kier molecular flexibility index (Phi) is 2.86. The maximum Gasteiger partial charge on any atom is 0.128 e. The fourth-order valence-electron chi connectivity index (χ4n) is 1.30. The lowest BCUT2D eigenvalue weighted by atomic mass is 10.1. The maximum absolute atomic E-state index is 13.4. The molecule has 0 aliphatic carbocycles. The SMILES string of the molecule is Fc1ccc(F)c(C(Br)c2ccco2)c1. The lowest BCUT2D eigenvalue weighted by molar-refractivity contribution is 0.511. The third-order valence-corrected chi connectivity index (χ3v) is 2.97. The number of benzene rings is 1. The molecule has 0 radical (unpaired) electrons. The molecule has 0 fully saturated rings. The van der Waals surface area contributed by atoms with Crippen molar-refractivity contribution in [1.29, 1.82) is 0 Å². The third kappa shape index (κ3) is 2.09. The molecule has 0 bridgehead atoms. The highest BCUT2D eigenvalue weighted by atomic mass is 79.9. The van der Waals surface area contributed by atoms with Gasteiger partial charge in [0.2, 0.25) is 0 Å². The molecule has 0 aliphatic rings. The molecule has 0 saturated heterocycles. The number of rotatable bonds is 2. The fraction of sp³-hybridized carbons (Fsp3) is 0.0909. The first-order valence-electron chi connectivity index (χ1n) is 4.31. The van der Waals surface area contributed by atoms with E-state index in [0.717, 1.165) is 18.2 Å². The van der Waals surface area contributed by atoms with E-state index < -0.39 is 16.5 Å². The fourth-order valence-corrected chi connectivity index (χ4v) is 1.91. The van der Waals surface area contributed by atoms with Crippen LogP contribution >= 0.6 is 15.9 Å². The van der Waals surface area contributed by atoms with Crippen LogP contribution in [0.4, 0.5) is 8.78 Å². The van der Waals surface area contributed by atoms with Crippen molar-refractivity contribution in [2.24, 2.45) is 0 Å². The molecule has 1 nitrogen and oxygen atoms in total. The van der Waals surface area contributed by atoms with Crippen molar-refractivity contribution in [1.82, 2.24) is 0 Å². The summed E-state index contributed by atoms with van der Waals surface area (Å²) in [5.74, 6) is -0.392. The van der Waals surface area contributed by atoms with Gasteiger partial charge in [-0.3, -0.25) is 0 Å². The lowest BCUT2D eigenvalue weighted by Crippen LogP contribution is -1.96. The zero-order chi connectivity index (χ0) is 10.8. The van der Waals surface area contributed by atoms with Gasteiger partial charge in [0, 0.05) is 5.56 Å². The summed E-state index contributed by atoms with van der Waals surface area (Å²) in [6, 6.07) is 6.73. The second kappa shape index (κ2) is 4.14. The zero-order valence-electron chi connectivity index (χ0n) is 7.58. The first kappa shape index (κ1) is 10.4. The topological polar surface area (TPSA) is 13.1 Å². The quantitative estimate of drug-likeness (QED) is 0.752. The Labute approximate surface area is 93.8 Å². The largest absolute Gasteiger partial charge is 0.468 e. The smallest absolute Gasteiger partial charge is 0.128 e. The summed E-state index contributed by atoms with van der Waals surface area (Å²) >= 11 is 3.26. The summed E-state index contributed by atoms with van der Waals surface area (Å²) in [6.07, 6.45) is 1.49. The number of furan rings is 1. The van der Waals surface area contributed by atoms with Crippen molar-refractivity contribution in [2.75, 3.05) is 0 Å². The standard InChI is InChI=1S/C11H7BrF2O/c12-11(10-2-1-5-15-10)8-6-7(13)3-4-9(8)14/h1-6,11H. The van der Waals surface area contributed by atoms with Crippen LogP contribution in [0.3, 0.4) is 0 Å². The second-order valence-electron chi connectivity index (χ2n) is 3.04. The van der Waals surface area contributed by atoms with Crippen molar-refractivity contribution < 1.29 is 13.2 Å². The van der Waals surface area contributed by atoms with Crippen LogP contribution in [0.2, 0.25) is 0 Å². The first-order chi connectivity index (χ1) is 7.18. The highest BCUT2D eigenvalue weighted by molar-refractivity contribution is 9.09. The summed E-state index contributed by atoms with van der Waals surface area (Å²) in [6.45, 7) is 0. The van der Waals surface area contributed by atoms with Crippen molar-refractivity contribution in [3.63, 3.8) is 0 Å². The van der Waals surface area contributed by atoms with Gasteiger partial charge in [0.25, 0.3) is 0 Å². The average molecular weight is 273 g/mol. The maximum atomic E-state index is 13.4. The van der Waals surface area contributed by atoms with Crippen LogP contribution in [0.25, 0.3) is 0 Å². The van der Waals surface area contributed by atoms with Gasteiger partial charge in [0.1, 0.15) is 22.2 Å². The molecule has 1 aromatic carbocycles. The summed E-state index contributed by atoms with van der Waals surface area (Å²) in [5, 5.41) is 0. The Bertz CT molecular complexity index is 454. The molecule has 0 N–H and O–H groups in total. The first-order valence-corrected chi connectivity index (χ1v) is 5.22. The van der Waals surface area contributed by atoms with Gasteiger partial charge in [-0.1, -0.05) is 15.9 Å². The molecule has 1 aromatic heterocycles. The molecule has 0 amide bonds. The predicted octanol–water partition coefficient (Wildman–Crippen LogP) is 4.04. The molecule has 2 rings (SSSR count). The van der Waals surface area contributed by atoms with Crippen molar-refractivity contribution in [3.8, 4) is 0 Å². The molecule has 2 aromatic rings. The van der Waals surface area contributed by atoms with Gasteiger partial charge >= 0.3 is 0 Å². The van der Waals surface area contributed by atoms with E-state index in [-0.39, 0.29) is 5.56 Å². The Morgan fingerprint density at radius 3 is 2.67 bits per heavy atom. The molecule has 1 heterocycles. The highest BCUT2D eigenvalue weighted by Crippen LogP contribution is 2.32. The minimum atomic E-state index is -0.470. The number of alkyl halides is 1. The van der Waals surface area contributed by atoms with E-state index >= 15 is 0 Å². The van der Waals surface area contributed by atoms with Crippen LogP contribution in [0.1, 0.15) is 16.2 Å². The van der Waals surface area contributed by atoms with Crippen LogP contribution in [-0.2, 0) is 0 Å². The molecule has 0 saturated carbocycles. The van der Waals surface area contributed by atoms with E-state index in [0.29, 0.717) is 5.76 Å². The van der Waals surface area contributed by atoms with E-state index in [1.165, 1.54) is 6.26 Å². The molecule has 78 valence electrons. The van der Waals surface area contributed by atoms with E-state index in [1.54, 1.807) is 12.1 Å². The number of hydrogen-bond acceptors (Lipinski definition) is 1. The van der Waals surface area contributed by atoms with Crippen LogP contribution in [-0.4, -0.2) is 0 Å². The summed E-state index contributed by atoms with van der Waals surface area (Å²) in [5.41, 5.74) is 0.227. The second-order valence-corrected chi connectivity index (χ2v) is 3.96. The highest BCUT2D eigenvalue weighted by Gasteiger charge is 2.17. The molecular formula is C11H7BrF2O. The van der Waals surface area contributed by atoms with Gasteiger partial charge in [0.05, 0.1) is 6.26 Å². The third-order valence-electron chi connectivity index (χ3n) is 2.02. The van der Waals surface area contributed by atoms with Crippen LogP contribution in [0, 0.1) is 11.6 Å². The predicted molar refractivity (Wildman–Crippen MR) is 55.8 cm³/mol. The minimum absolute atomic E-state index is 0.227. The molecule has 0 spiro atoms.